The molecule has 3 rings (SSSR count). The zero-order valence-corrected chi connectivity index (χ0v) is 14.2. The van der Waals surface area contributed by atoms with Crippen LogP contribution < -0.4 is 5.32 Å². The Bertz CT molecular complexity index is 872. The lowest BCUT2D eigenvalue weighted by Crippen LogP contribution is -2.12. The second-order valence-electron chi connectivity index (χ2n) is 6.12. The summed E-state index contributed by atoms with van der Waals surface area (Å²) < 4.78 is 5.58. The van der Waals surface area contributed by atoms with Crippen LogP contribution in [-0.4, -0.2) is 16.1 Å². The molecule has 0 aliphatic carbocycles. The molecule has 5 heteroatoms. The van der Waals surface area contributed by atoms with E-state index < -0.39 is 0 Å². The number of hydrogen-bond donors (Lipinski definition) is 1. The van der Waals surface area contributed by atoms with Gasteiger partial charge in [-0.3, -0.25) is 10.1 Å². The first-order valence-corrected chi connectivity index (χ1v) is 7.72. The van der Waals surface area contributed by atoms with Gasteiger partial charge in [-0.1, -0.05) is 39.5 Å². The molecule has 1 amide bonds. The first-order chi connectivity index (χ1) is 11.4. The van der Waals surface area contributed by atoms with Gasteiger partial charge in [0.05, 0.1) is 0 Å². The summed E-state index contributed by atoms with van der Waals surface area (Å²) in [6.07, 6.45) is 0. The molecular weight excluding hydrogens is 302 g/mol. The van der Waals surface area contributed by atoms with E-state index in [-0.39, 0.29) is 11.9 Å². The number of rotatable bonds is 3. The molecule has 1 aromatic heterocycles. The van der Waals surface area contributed by atoms with Gasteiger partial charge in [0.2, 0.25) is 5.89 Å². The topological polar surface area (TPSA) is 68.0 Å². The molecule has 1 heterocycles. The molecule has 24 heavy (non-hydrogen) atoms. The molecule has 2 aromatic carbocycles. The number of nitrogens with zero attached hydrogens (tertiary/aromatic N) is 2. The molecule has 0 fully saturated rings. The third kappa shape index (κ3) is 3.51. The van der Waals surface area contributed by atoms with Gasteiger partial charge in [0.25, 0.3) is 5.91 Å². The molecule has 0 atom stereocenters. The van der Waals surface area contributed by atoms with E-state index in [0.717, 1.165) is 27.8 Å². The van der Waals surface area contributed by atoms with Crippen molar-refractivity contribution in [1.82, 2.24) is 10.2 Å². The van der Waals surface area contributed by atoms with Crippen LogP contribution in [0.2, 0.25) is 0 Å². The lowest BCUT2D eigenvalue weighted by Gasteiger charge is -2.04. The highest BCUT2D eigenvalue weighted by atomic mass is 16.4. The van der Waals surface area contributed by atoms with Crippen molar-refractivity contribution in [3.63, 3.8) is 0 Å². The molecule has 0 unspecified atom stereocenters. The van der Waals surface area contributed by atoms with Crippen molar-refractivity contribution in [2.75, 3.05) is 5.32 Å². The Morgan fingerprint density at radius 3 is 1.96 bits per heavy atom. The smallest absolute Gasteiger partial charge is 0.322 e. The number of benzene rings is 2. The minimum absolute atomic E-state index is 0.0910. The van der Waals surface area contributed by atoms with Crippen LogP contribution in [0.4, 0.5) is 6.01 Å². The zero-order chi connectivity index (χ0) is 17.3. The van der Waals surface area contributed by atoms with Crippen molar-refractivity contribution >= 4 is 11.9 Å². The summed E-state index contributed by atoms with van der Waals surface area (Å²) in [6.45, 7) is 7.93. The highest BCUT2D eigenvalue weighted by Gasteiger charge is 2.13. The molecule has 0 bridgehead atoms. The summed E-state index contributed by atoms with van der Waals surface area (Å²) in [6, 6.07) is 11.8. The first kappa shape index (κ1) is 15.9. The van der Waals surface area contributed by atoms with Gasteiger partial charge in [0.15, 0.2) is 0 Å². The summed E-state index contributed by atoms with van der Waals surface area (Å²) >= 11 is 0. The predicted octanol–water partition coefficient (Wildman–Crippen LogP) is 4.22. The summed E-state index contributed by atoms with van der Waals surface area (Å²) in [4.78, 5) is 12.3. The highest BCUT2D eigenvalue weighted by Crippen LogP contribution is 2.22. The average molecular weight is 321 g/mol. The van der Waals surface area contributed by atoms with Gasteiger partial charge in [0, 0.05) is 11.1 Å². The second-order valence-corrected chi connectivity index (χ2v) is 6.12. The van der Waals surface area contributed by atoms with E-state index in [1.165, 1.54) is 0 Å². The molecule has 0 aliphatic rings. The minimum Gasteiger partial charge on any atom is -0.403 e. The summed E-state index contributed by atoms with van der Waals surface area (Å²) in [7, 11) is 0. The van der Waals surface area contributed by atoms with E-state index in [9.17, 15) is 4.79 Å². The molecule has 1 N–H and O–H groups in total. The standard InChI is InChI=1S/C19H19N3O2/c1-11-5-12(2)8-15(7-11)17(23)20-19-22-21-18(24-19)16-9-13(3)6-14(4)10-16/h5-10H,1-4H3,(H,20,22,23). The van der Waals surface area contributed by atoms with Crippen molar-refractivity contribution in [1.29, 1.82) is 0 Å². The Kier molecular flexibility index (Phi) is 4.16. The SMILES string of the molecule is Cc1cc(C)cc(C(=O)Nc2nnc(-c3cc(C)cc(C)c3)o2)c1. The van der Waals surface area contributed by atoms with E-state index >= 15 is 0 Å². The van der Waals surface area contributed by atoms with Crippen LogP contribution in [0, 0.1) is 27.7 Å². The van der Waals surface area contributed by atoms with Crippen LogP contribution in [0.5, 0.6) is 0 Å². The molecule has 3 aromatic rings. The second kappa shape index (κ2) is 6.28. The molecule has 0 spiro atoms. The molecule has 122 valence electrons. The quantitative estimate of drug-likeness (QED) is 0.784. The van der Waals surface area contributed by atoms with Crippen LogP contribution in [-0.2, 0) is 0 Å². The number of carbonyl (C=O) groups is 1. The Hall–Kier alpha value is -2.95. The minimum atomic E-state index is -0.266. The number of anilines is 1. The van der Waals surface area contributed by atoms with Gasteiger partial charge in [-0.05, 0) is 52.0 Å². The van der Waals surface area contributed by atoms with Gasteiger partial charge in [-0.2, -0.15) is 0 Å². The van der Waals surface area contributed by atoms with Crippen molar-refractivity contribution in [3.05, 3.63) is 64.2 Å². The maximum atomic E-state index is 12.3. The normalized spacial score (nSPS) is 10.7. The lowest BCUT2D eigenvalue weighted by molar-refractivity contribution is 0.102. The number of hydrogen-bond acceptors (Lipinski definition) is 4. The fraction of sp³-hybridized carbons (Fsp3) is 0.211. The van der Waals surface area contributed by atoms with E-state index in [4.69, 9.17) is 4.42 Å². The van der Waals surface area contributed by atoms with Gasteiger partial charge >= 0.3 is 6.01 Å². The summed E-state index contributed by atoms with van der Waals surface area (Å²) in [5, 5.41) is 10.6. The number of amides is 1. The average Bonchev–Trinajstić information content (AvgIpc) is 2.93. The number of nitrogens with one attached hydrogen (secondary N) is 1. The fourth-order valence-corrected chi connectivity index (χ4v) is 2.76. The highest BCUT2D eigenvalue weighted by molar-refractivity contribution is 6.03. The molecule has 0 saturated carbocycles. The summed E-state index contributed by atoms with van der Waals surface area (Å²) in [5.41, 5.74) is 5.70. The lowest BCUT2D eigenvalue weighted by atomic mass is 10.1. The van der Waals surface area contributed by atoms with Crippen molar-refractivity contribution in [3.8, 4) is 11.5 Å². The third-order valence-electron chi connectivity index (χ3n) is 3.60. The molecule has 5 nitrogen and oxygen atoms in total. The monoisotopic (exact) mass is 321 g/mol. The Balaban J connectivity index is 1.82. The van der Waals surface area contributed by atoms with E-state index in [2.05, 4.69) is 21.6 Å². The maximum Gasteiger partial charge on any atom is 0.322 e. The number of aryl methyl sites for hydroxylation is 4. The van der Waals surface area contributed by atoms with Crippen LogP contribution in [0.25, 0.3) is 11.5 Å². The maximum absolute atomic E-state index is 12.3. The van der Waals surface area contributed by atoms with Crippen LogP contribution in [0.15, 0.2) is 40.8 Å². The van der Waals surface area contributed by atoms with Crippen molar-refractivity contribution in [2.45, 2.75) is 27.7 Å². The molecule has 0 aliphatic heterocycles. The first-order valence-electron chi connectivity index (χ1n) is 7.72. The van der Waals surface area contributed by atoms with E-state index in [1.807, 2.05) is 58.0 Å². The van der Waals surface area contributed by atoms with Gasteiger partial charge in [-0.25, -0.2) is 0 Å². The number of carbonyl (C=O) groups excluding carboxylic acids is 1. The third-order valence-corrected chi connectivity index (χ3v) is 3.60. The van der Waals surface area contributed by atoms with E-state index in [1.54, 1.807) is 0 Å². The van der Waals surface area contributed by atoms with Gasteiger partial charge < -0.3 is 4.42 Å². The fourth-order valence-electron chi connectivity index (χ4n) is 2.76. The Labute approximate surface area is 140 Å². The van der Waals surface area contributed by atoms with Crippen molar-refractivity contribution in [2.24, 2.45) is 0 Å². The van der Waals surface area contributed by atoms with Crippen LogP contribution >= 0.6 is 0 Å². The molecule has 0 saturated heterocycles. The Morgan fingerprint density at radius 1 is 0.833 bits per heavy atom. The van der Waals surface area contributed by atoms with Gasteiger partial charge in [0.1, 0.15) is 0 Å². The molecule has 0 radical (unpaired) electrons. The van der Waals surface area contributed by atoms with Crippen molar-refractivity contribution < 1.29 is 9.21 Å². The molecular formula is C19H19N3O2. The van der Waals surface area contributed by atoms with Crippen LogP contribution in [0.1, 0.15) is 32.6 Å². The summed E-state index contributed by atoms with van der Waals surface area (Å²) in [5.74, 6) is 0.120. The van der Waals surface area contributed by atoms with E-state index in [0.29, 0.717) is 11.5 Å². The zero-order valence-electron chi connectivity index (χ0n) is 14.2. The van der Waals surface area contributed by atoms with Crippen LogP contribution in [0.3, 0.4) is 0 Å². The predicted molar refractivity (Wildman–Crippen MR) is 93.1 cm³/mol. The largest absolute Gasteiger partial charge is 0.403 e. The number of aromatic nitrogens is 2. The Morgan fingerprint density at radius 2 is 1.38 bits per heavy atom. The van der Waals surface area contributed by atoms with Gasteiger partial charge in [-0.15, -0.1) is 5.10 Å².